The van der Waals surface area contributed by atoms with Gasteiger partial charge in [-0.1, -0.05) is 6.92 Å². The monoisotopic (exact) mass is 240 g/mol. The van der Waals surface area contributed by atoms with Crippen molar-refractivity contribution in [1.82, 2.24) is 10.2 Å². The number of carbonyl (C=O) groups is 1. The van der Waals surface area contributed by atoms with Gasteiger partial charge in [0, 0.05) is 13.7 Å². The molecule has 98 valence electrons. The van der Waals surface area contributed by atoms with Crippen molar-refractivity contribution in [2.45, 2.75) is 51.3 Å². The maximum absolute atomic E-state index is 12.4. The van der Waals surface area contributed by atoms with Crippen molar-refractivity contribution in [3.8, 4) is 0 Å². The van der Waals surface area contributed by atoms with Crippen LogP contribution in [0.2, 0.25) is 0 Å². The van der Waals surface area contributed by atoms with Crippen molar-refractivity contribution in [2.24, 2.45) is 5.92 Å². The Kier molecular flexibility index (Phi) is 4.05. The fourth-order valence-corrected chi connectivity index (χ4v) is 2.93. The highest BCUT2D eigenvalue weighted by Gasteiger charge is 2.34. The Balaban J connectivity index is 1.94. The second-order valence-electron chi connectivity index (χ2n) is 5.52. The van der Waals surface area contributed by atoms with Gasteiger partial charge in [0.1, 0.15) is 0 Å². The SMILES string of the molecule is CC1CCNC(C(=O)N(C)C2CCOC2C)C1. The van der Waals surface area contributed by atoms with Crippen molar-refractivity contribution in [3.05, 3.63) is 0 Å². The standard InChI is InChI=1S/C13H24N2O2/c1-9-4-6-14-11(8-9)13(16)15(3)12-5-7-17-10(12)2/h9-12,14H,4-8H2,1-3H3. The Morgan fingerprint density at radius 3 is 2.71 bits per heavy atom. The highest BCUT2D eigenvalue weighted by Crippen LogP contribution is 2.21. The smallest absolute Gasteiger partial charge is 0.239 e. The molecule has 1 N–H and O–H groups in total. The summed E-state index contributed by atoms with van der Waals surface area (Å²) in [6.45, 7) is 6.01. The minimum atomic E-state index is 0.0107. The Morgan fingerprint density at radius 1 is 1.35 bits per heavy atom. The van der Waals surface area contributed by atoms with E-state index < -0.39 is 0 Å². The lowest BCUT2D eigenvalue weighted by Gasteiger charge is -2.34. The van der Waals surface area contributed by atoms with Gasteiger partial charge in [-0.25, -0.2) is 0 Å². The molecule has 0 saturated carbocycles. The molecule has 4 heteroatoms. The van der Waals surface area contributed by atoms with Crippen LogP contribution < -0.4 is 5.32 Å². The third kappa shape index (κ3) is 2.80. The zero-order valence-corrected chi connectivity index (χ0v) is 11.1. The van der Waals surface area contributed by atoms with Crippen LogP contribution in [0.3, 0.4) is 0 Å². The van der Waals surface area contributed by atoms with E-state index in [9.17, 15) is 4.79 Å². The molecule has 0 bridgehead atoms. The zero-order valence-electron chi connectivity index (χ0n) is 11.1. The number of nitrogens with one attached hydrogen (secondary N) is 1. The summed E-state index contributed by atoms with van der Waals surface area (Å²) in [6.07, 6.45) is 3.28. The fraction of sp³-hybridized carbons (Fsp3) is 0.923. The number of likely N-dealkylation sites (N-methyl/N-ethyl adjacent to an activating group) is 1. The molecule has 0 aromatic carbocycles. The maximum Gasteiger partial charge on any atom is 0.239 e. The average molecular weight is 240 g/mol. The van der Waals surface area contributed by atoms with Crippen LogP contribution in [0, 0.1) is 5.92 Å². The lowest BCUT2D eigenvalue weighted by atomic mass is 9.93. The Labute approximate surface area is 104 Å². The minimum absolute atomic E-state index is 0.0107. The molecule has 0 spiro atoms. The van der Waals surface area contributed by atoms with Crippen molar-refractivity contribution in [3.63, 3.8) is 0 Å². The summed E-state index contributed by atoms with van der Waals surface area (Å²) < 4.78 is 5.53. The molecule has 2 fully saturated rings. The van der Waals surface area contributed by atoms with Crippen LogP contribution in [0.25, 0.3) is 0 Å². The van der Waals surface area contributed by atoms with E-state index >= 15 is 0 Å². The molecule has 2 rings (SSSR count). The molecule has 2 aliphatic heterocycles. The quantitative estimate of drug-likeness (QED) is 0.783. The number of piperidine rings is 1. The molecule has 4 unspecified atom stereocenters. The molecule has 0 aromatic heterocycles. The number of nitrogens with zero attached hydrogens (tertiary/aromatic N) is 1. The van der Waals surface area contributed by atoms with Crippen LogP contribution in [0.1, 0.15) is 33.1 Å². The van der Waals surface area contributed by atoms with E-state index in [4.69, 9.17) is 4.74 Å². The first-order valence-corrected chi connectivity index (χ1v) is 6.71. The summed E-state index contributed by atoms with van der Waals surface area (Å²) in [5.74, 6) is 0.884. The summed E-state index contributed by atoms with van der Waals surface area (Å²) in [7, 11) is 1.92. The summed E-state index contributed by atoms with van der Waals surface area (Å²) in [6, 6.07) is 0.262. The molecule has 4 atom stereocenters. The van der Waals surface area contributed by atoms with E-state index in [2.05, 4.69) is 19.2 Å². The van der Waals surface area contributed by atoms with Crippen LogP contribution in [-0.4, -0.2) is 49.2 Å². The maximum atomic E-state index is 12.4. The first-order chi connectivity index (χ1) is 8.09. The van der Waals surface area contributed by atoms with Crippen molar-refractivity contribution >= 4 is 5.91 Å². The first kappa shape index (κ1) is 12.8. The van der Waals surface area contributed by atoms with Crippen LogP contribution in [0.15, 0.2) is 0 Å². The molecule has 0 aliphatic carbocycles. The Hall–Kier alpha value is -0.610. The molecule has 2 aliphatic rings. The second-order valence-corrected chi connectivity index (χ2v) is 5.52. The van der Waals surface area contributed by atoms with E-state index in [-0.39, 0.29) is 24.1 Å². The molecule has 17 heavy (non-hydrogen) atoms. The fourth-order valence-electron chi connectivity index (χ4n) is 2.93. The Morgan fingerprint density at radius 2 is 2.12 bits per heavy atom. The lowest BCUT2D eigenvalue weighted by molar-refractivity contribution is -0.136. The van der Waals surface area contributed by atoms with Crippen LogP contribution in [0.5, 0.6) is 0 Å². The van der Waals surface area contributed by atoms with Crippen molar-refractivity contribution in [1.29, 1.82) is 0 Å². The van der Waals surface area contributed by atoms with Crippen LogP contribution in [0.4, 0.5) is 0 Å². The first-order valence-electron chi connectivity index (χ1n) is 6.71. The minimum Gasteiger partial charge on any atom is -0.376 e. The van der Waals surface area contributed by atoms with Gasteiger partial charge >= 0.3 is 0 Å². The highest BCUT2D eigenvalue weighted by atomic mass is 16.5. The predicted molar refractivity (Wildman–Crippen MR) is 66.8 cm³/mol. The second kappa shape index (κ2) is 5.36. The van der Waals surface area contributed by atoms with E-state index in [1.54, 1.807) is 0 Å². The van der Waals surface area contributed by atoms with Gasteiger partial charge in [0.25, 0.3) is 0 Å². The van der Waals surface area contributed by atoms with E-state index in [1.165, 1.54) is 6.42 Å². The summed E-state index contributed by atoms with van der Waals surface area (Å²) >= 11 is 0. The average Bonchev–Trinajstić information content (AvgIpc) is 2.73. The lowest BCUT2D eigenvalue weighted by Crippen LogP contribution is -2.52. The van der Waals surface area contributed by atoms with Gasteiger partial charge in [-0.2, -0.15) is 0 Å². The number of amides is 1. The number of ether oxygens (including phenoxy) is 1. The third-order valence-electron chi connectivity index (χ3n) is 4.15. The van der Waals surface area contributed by atoms with Gasteiger partial charge in [-0.3, -0.25) is 4.79 Å². The van der Waals surface area contributed by atoms with Crippen molar-refractivity contribution < 1.29 is 9.53 Å². The van der Waals surface area contributed by atoms with E-state index in [0.29, 0.717) is 5.92 Å². The predicted octanol–water partition coefficient (Wildman–Crippen LogP) is 1.01. The molecular weight excluding hydrogens is 216 g/mol. The van der Waals surface area contributed by atoms with Crippen LogP contribution >= 0.6 is 0 Å². The Bertz CT molecular complexity index is 283. The highest BCUT2D eigenvalue weighted by molar-refractivity contribution is 5.82. The molecule has 2 heterocycles. The van der Waals surface area contributed by atoms with E-state index in [1.807, 2.05) is 11.9 Å². The zero-order chi connectivity index (χ0) is 12.4. The van der Waals surface area contributed by atoms with Gasteiger partial charge in [0.05, 0.1) is 18.2 Å². The molecule has 0 radical (unpaired) electrons. The van der Waals surface area contributed by atoms with Crippen LogP contribution in [-0.2, 0) is 9.53 Å². The number of carbonyl (C=O) groups excluding carboxylic acids is 1. The molecule has 1 amide bonds. The van der Waals surface area contributed by atoms with Gasteiger partial charge < -0.3 is 15.0 Å². The van der Waals surface area contributed by atoms with Gasteiger partial charge in [0.2, 0.25) is 5.91 Å². The normalized spacial score (nSPS) is 38.1. The van der Waals surface area contributed by atoms with Crippen molar-refractivity contribution in [2.75, 3.05) is 20.2 Å². The molecule has 4 nitrogen and oxygen atoms in total. The van der Waals surface area contributed by atoms with E-state index in [0.717, 1.165) is 26.0 Å². The molecule has 2 saturated heterocycles. The number of rotatable bonds is 2. The number of hydrogen-bond acceptors (Lipinski definition) is 3. The topological polar surface area (TPSA) is 41.6 Å². The molecule has 0 aromatic rings. The third-order valence-corrected chi connectivity index (χ3v) is 4.15. The summed E-state index contributed by atoms with van der Waals surface area (Å²) in [5, 5.41) is 3.34. The summed E-state index contributed by atoms with van der Waals surface area (Å²) in [4.78, 5) is 14.3. The van der Waals surface area contributed by atoms with Gasteiger partial charge in [0.15, 0.2) is 0 Å². The number of hydrogen-bond donors (Lipinski definition) is 1. The largest absolute Gasteiger partial charge is 0.376 e. The van der Waals surface area contributed by atoms with Gasteiger partial charge in [-0.05, 0) is 38.6 Å². The molecular formula is C13H24N2O2. The van der Waals surface area contributed by atoms with Gasteiger partial charge in [-0.15, -0.1) is 0 Å². The summed E-state index contributed by atoms with van der Waals surface area (Å²) in [5.41, 5.74) is 0.